The Morgan fingerprint density at radius 3 is 2.81 bits per heavy atom. The third-order valence-corrected chi connectivity index (χ3v) is 5.34. The Bertz CT molecular complexity index is 1010. The molecule has 1 amide bonds. The van der Waals surface area contributed by atoms with Crippen molar-refractivity contribution in [3.63, 3.8) is 0 Å². The van der Waals surface area contributed by atoms with E-state index in [4.69, 9.17) is 4.74 Å². The molecule has 140 valence electrons. The Morgan fingerprint density at radius 1 is 1.30 bits per heavy atom. The molecule has 0 atom stereocenters. The molecule has 0 saturated heterocycles. The number of hydrogen-bond donors (Lipinski definition) is 1. The summed E-state index contributed by atoms with van der Waals surface area (Å²) in [6, 6.07) is 7.50. The van der Waals surface area contributed by atoms with Gasteiger partial charge in [-0.25, -0.2) is 0 Å². The minimum Gasteiger partial charge on any atom is -0.497 e. The summed E-state index contributed by atoms with van der Waals surface area (Å²) in [5.74, 6) is 2.88. The summed E-state index contributed by atoms with van der Waals surface area (Å²) >= 11 is 0. The van der Waals surface area contributed by atoms with E-state index in [1.807, 2.05) is 42.8 Å². The predicted octanol–water partition coefficient (Wildman–Crippen LogP) is 2.88. The number of amides is 1. The Balaban J connectivity index is 1.51. The highest BCUT2D eigenvalue weighted by Gasteiger charge is 2.25. The van der Waals surface area contributed by atoms with E-state index in [0.717, 1.165) is 28.3 Å². The number of methoxy groups -OCH3 is 1. The van der Waals surface area contributed by atoms with Gasteiger partial charge >= 0.3 is 0 Å². The van der Waals surface area contributed by atoms with Crippen molar-refractivity contribution in [2.24, 2.45) is 7.05 Å². The lowest BCUT2D eigenvalue weighted by molar-refractivity contribution is 0.0948. The van der Waals surface area contributed by atoms with Crippen molar-refractivity contribution < 1.29 is 9.53 Å². The smallest absolute Gasteiger partial charge is 0.253 e. The van der Waals surface area contributed by atoms with E-state index in [2.05, 4.69) is 20.5 Å². The maximum atomic E-state index is 12.7. The topological polar surface area (TPSA) is 81.9 Å². The van der Waals surface area contributed by atoms with Crippen LogP contribution in [-0.4, -0.2) is 32.8 Å². The molecule has 7 nitrogen and oxygen atoms in total. The van der Waals surface area contributed by atoms with Crippen molar-refractivity contribution in [1.29, 1.82) is 0 Å². The molecular weight excluding hydrogens is 342 g/mol. The molecule has 1 N–H and O–H groups in total. The van der Waals surface area contributed by atoms with Gasteiger partial charge in [0.15, 0.2) is 5.82 Å². The van der Waals surface area contributed by atoms with Crippen molar-refractivity contribution in [2.45, 2.75) is 38.6 Å². The minimum absolute atomic E-state index is 0.161. The number of aryl methyl sites for hydroxylation is 1. The molecule has 1 saturated carbocycles. The van der Waals surface area contributed by atoms with Crippen LogP contribution >= 0.6 is 0 Å². The van der Waals surface area contributed by atoms with Crippen LogP contribution in [0.1, 0.15) is 52.9 Å². The summed E-state index contributed by atoms with van der Waals surface area (Å²) in [6.45, 7) is 2.18. The molecular formula is C20H23N5O2. The molecule has 0 spiro atoms. The standard InChI is InChI=1S/C20H23N5O2/c1-12-16(9-14-7-8-15(27-3)10-17(14)22-12)20(26)21-11-18-23-24-19(25(18)2)13-5-4-6-13/h7-10,13H,4-6,11H2,1-3H3,(H,21,26). The zero-order chi connectivity index (χ0) is 19.0. The van der Waals surface area contributed by atoms with Crippen molar-refractivity contribution in [1.82, 2.24) is 25.1 Å². The van der Waals surface area contributed by atoms with Gasteiger partial charge in [0.25, 0.3) is 5.91 Å². The van der Waals surface area contributed by atoms with Gasteiger partial charge in [0.1, 0.15) is 11.6 Å². The molecule has 0 unspecified atom stereocenters. The van der Waals surface area contributed by atoms with Gasteiger partial charge in [0.05, 0.1) is 30.4 Å². The molecule has 2 heterocycles. The first-order chi connectivity index (χ1) is 13.1. The first-order valence-corrected chi connectivity index (χ1v) is 9.18. The summed E-state index contributed by atoms with van der Waals surface area (Å²) in [7, 11) is 3.59. The maximum Gasteiger partial charge on any atom is 0.253 e. The molecule has 1 aliphatic rings. The Labute approximate surface area is 157 Å². The second-order valence-electron chi connectivity index (χ2n) is 7.02. The van der Waals surface area contributed by atoms with Gasteiger partial charge in [0.2, 0.25) is 0 Å². The molecule has 1 aliphatic carbocycles. The minimum atomic E-state index is -0.161. The molecule has 1 fully saturated rings. The Hall–Kier alpha value is -2.96. The zero-order valence-electron chi connectivity index (χ0n) is 15.8. The van der Waals surface area contributed by atoms with Crippen LogP contribution in [0.5, 0.6) is 5.75 Å². The number of benzene rings is 1. The molecule has 1 aromatic carbocycles. The van der Waals surface area contributed by atoms with E-state index in [1.165, 1.54) is 19.3 Å². The van der Waals surface area contributed by atoms with E-state index in [9.17, 15) is 4.79 Å². The van der Waals surface area contributed by atoms with Crippen molar-refractivity contribution in [3.05, 3.63) is 47.2 Å². The fourth-order valence-corrected chi connectivity index (χ4v) is 3.41. The number of carbonyl (C=O) groups is 1. The molecule has 27 heavy (non-hydrogen) atoms. The van der Waals surface area contributed by atoms with Gasteiger partial charge in [-0.2, -0.15) is 0 Å². The van der Waals surface area contributed by atoms with E-state index in [-0.39, 0.29) is 5.91 Å². The van der Waals surface area contributed by atoms with Gasteiger partial charge in [-0.3, -0.25) is 9.78 Å². The Morgan fingerprint density at radius 2 is 2.11 bits per heavy atom. The van der Waals surface area contributed by atoms with E-state index in [0.29, 0.717) is 23.7 Å². The second kappa shape index (κ2) is 6.98. The van der Waals surface area contributed by atoms with E-state index < -0.39 is 0 Å². The van der Waals surface area contributed by atoms with Crippen molar-refractivity contribution in [3.8, 4) is 5.75 Å². The molecule has 0 radical (unpaired) electrons. The van der Waals surface area contributed by atoms with Crippen LogP contribution in [-0.2, 0) is 13.6 Å². The lowest BCUT2D eigenvalue weighted by Gasteiger charge is -2.24. The summed E-state index contributed by atoms with van der Waals surface area (Å²) < 4.78 is 7.24. The number of pyridine rings is 1. The predicted molar refractivity (Wildman–Crippen MR) is 102 cm³/mol. The van der Waals surface area contributed by atoms with Gasteiger partial charge in [-0.05, 0) is 38.0 Å². The lowest BCUT2D eigenvalue weighted by Crippen LogP contribution is -2.26. The molecule has 0 bridgehead atoms. The Kier molecular flexibility index (Phi) is 4.51. The number of nitrogens with one attached hydrogen (secondary N) is 1. The molecule has 4 rings (SSSR count). The quantitative estimate of drug-likeness (QED) is 0.752. The molecule has 3 aromatic rings. The lowest BCUT2D eigenvalue weighted by atomic mass is 9.85. The monoisotopic (exact) mass is 365 g/mol. The summed E-state index contributed by atoms with van der Waals surface area (Å²) in [5.41, 5.74) is 2.05. The van der Waals surface area contributed by atoms with E-state index in [1.54, 1.807) is 7.11 Å². The SMILES string of the molecule is COc1ccc2cc(C(=O)NCc3nnc(C4CCC4)n3C)c(C)nc2c1. The number of aromatic nitrogens is 4. The highest BCUT2D eigenvalue weighted by molar-refractivity contribution is 5.98. The summed E-state index contributed by atoms with van der Waals surface area (Å²) in [4.78, 5) is 17.2. The summed E-state index contributed by atoms with van der Waals surface area (Å²) in [5, 5.41) is 12.4. The third kappa shape index (κ3) is 3.25. The summed E-state index contributed by atoms with van der Waals surface area (Å²) in [6.07, 6.45) is 3.60. The normalized spacial score (nSPS) is 14.2. The second-order valence-corrected chi connectivity index (χ2v) is 7.02. The van der Waals surface area contributed by atoms with Gasteiger partial charge in [-0.15, -0.1) is 10.2 Å². The van der Waals surface area contributed by atoms with Crippen molar-refractivity contribution >= 4 is 16.8 Å². The van der Waals surface area contributed by atoms with E-state index >= 15 is 0 Å². The highest BCUT2D eigenvalue weighted by atomic mass is 16.5. The number of rotatable bonds is 5. The molecule has 0 aliphatic heterocycles. The fraction of sp³-hybridized carbons (Fsp3) is 0.400. The van der Waals surface area contributed by atoms with Crippen LogP contribution in [0.15, 0.2) is 24.3 Å². The van der Waals surface area contributed by atoms with Crippen LogP contribution in [0.4, 0.5) is 0 Å². The van der Waals surface area contributed by atoms with Crippen molar-refractivity contribution in [2.75, 3.05) is 7.11 Å². The fourth-order valence-electron chi connectivity index (χ4n) is 3.41. The first-order valence-electron chi connectivity index (χ1n) is 9.18. The van der Waals surface area contributed by atoms with Crippen LogP contribution in [0, 0.1) is 6.92 Å². The molecule has 2 aromatic heterocycles. The highest BCUT2D eigenvalue weighted by Crippen LogP contribution is 2.35. The number of carbonyl (C=O) groups excluding carboxylic acids is 1. The third-order valence-electron chi connectivity index (χ3n) is 5.34. The maximum absolute atomic E-state index is 12.7. The van der Waals surface area contributed by atoms with Crippen LogP contribution in [0.3, 0.4) is 0 Å². The average molecular weight is 365 g/mol. The number of ether oxygens (including phenoxy) is 1. The van der Waals surface area contributed by atoms with Gasteiger partial charge < -0.3 is 14.6 Å². The number of hydrogen-bond acceptors (Lipinski definition) is 5. The van der Waals surface area contributed by atoms with Gasteiger partial charge in [-0.1, -0.05) is 6.42 Å². The largest absolute Gasteiger partial charge is 0.497 e. The molecule has 7 heteroatoms. The number of fused-ring (bicyclic) bond motifs is 1. The van der Waals surface area contributed by atoms with Crippen LogP contribution in [0.2, 0.25) is 0 Å². The van der Waals surface area contributed by atoms with Crippen LogP contribution in [0.25, 0.3) is 10.9 Å². The first kappa shape index (κ1) is 17.5. The van der Waals surface area contributed by atoms with Gasteiger partial charge in [0, 0.05) is 24.4 Å². The number of nitrogens with zero attached hydrogens (tertiary/aromatic N) is 4. The zero-order valence-corrected chi connectivity index (χ0v) is 15.8. The average Bonchev–Trinajstić information content (AvgIpc) is 2.97. The van der Waals surface area contributed by atoms with Crippen LogP contribution < -0.4 is 10.1 Å².